The molecule has 0 saturated heterocycles. The molecule has 1 aliphatic carbocycles. The summed E-state index contributed by atoms with van der Waals surface area (Å²) in [5.41, 5.74) is 1.35. The molecule has 2 aromatic rings. The Morgan fingerprint density at radius 2 is 1.76 bits per heavy atom. The van der Waals surface area contributed by atoms with Crippen LogP contribution in [0.25, 0.3) is 11.3 Å². The van der Waals surface area contributed by atoms with Crippen LogP contribution in [0.15, 0.2) is 40.8 Å². The summed E-state index contributed by atoms with van der Waals surface area (Å²) in [5, 5.41) is 3.00. The van der Waals surface area contributed by atoms with Gasteiger partial charge in [-0.05, 0) is 44.7 Å². The maximum absolute atomic E-state index is 12.4. The van der Waals surface area contributed by atoms with Crippen LogP contribution in [-0.4, -0.2) is 29.8 Å². The molecule has 3 rings (SSSR count). The molecule has 6 heteroatoms. The number of ether oxygens (including phenoxy) is 1. The van der Waals surface area contributed by atoms with Crippen molar-refractivity contribution in [2.75, 3.05) is 0 Å². The molecule has 0 bridgehead atoms. The van der Waals surface area contributed by atoms with Crippen molar-refractivity contribution in [3.63, 3.8) is 0 Å². The number of furan rings is 1. The van der Waals surface area contributed by atoms with Crippen molar-refractivity contribution in [3.05, 3.63) is 47.7 Å². The first kappa shape index (κ1) is 20.8. The lowest BCUT2D eigenvalue weighted by atomic mass is 9.86. The molecular weight excluding hydrogens is 370 g/mol. The topological polar surface area (TPSA) is 85.6 Å². The van der Waals surface area contributed by atoms with Crippen LogP contribution in [0.4, 0.5) is 0 Å². The molecule has 1 N–H and O–H groups in total. The van der Waals surface area contributed by atoms with Crippen molar-refractivity contribution in [2.24, 2.45) is 5.92 Å². The van der Waals surface area contributed by atoms with Crippen LogP contribution < -0.4 is 5.32 Å². The number of carbonyl (C=O) groups excluding carboxylic acids is 3. The fourth-order valence-corrected chi connectivity index (χ4v) is 3.57. The number of hydrogen-bond donors (Lipinski definition) is 1. The van der Waals surface area contributed by atoms with Gasteiger partial charge in [0.15, 0.2) is 11.9 Å². The van der Waals surface area contributed by atoms with Crippen molar-refractivity contribution in [1.82, 2.24) is 5.32 Å². The molecule has 1 saturated carbocycles. The summed E-state index contributed by atoms with van der Waals surface area (Å²) in [6.45, 7) is 5.20. The normalized spacial score (nSPS) is 20.0. The van der Waals surface area contributed by atoms with Crippen LogP contribution in [0.1, 0.15) is 67.4 Å². The highest BCUT2D eigenvalue weighted by atomic mass is 16.6. The smallest absolute Gasteiger partial charge is 0.375 e. The van der Waals surface area contributed by atoms with Gasteiger partial charge in [0.05, 0.1) is 0 Å². The fourth-order valence-electron chi connectivity index (χ4n) is 3.57. The zero-order valence-corrected chi connectivity index (χ0v) is 17.1. The number of Topliss-reactive ketones (excluding diaryl/α,β-unsaturated/α-hetero) is 1. The van der Waals surface area contributed by atoms with Gasteiger partial charge in [-0.25, -0.2) is 4.79 Å². The maximum Gasteiger partial charge on any atom is 0.375 e. The minimum Gasteiger partial charge on any atom is -0.449 e. The van der Waals surface area contributed by atoms with E-state index in [0.717, 1.165) is 24.8 Å². The third-order valence-corrected chi connectivity index (χ3v) is 5.48. The zero-order valence-electron chi connectivity index (χ0n) is 17.1. The second-order valence-electron chi connectivity index (χ2n) is 7.72. The molecule has 3 atom stereocenters. The van der Waals surface area contributed by atoms with E-state index in [0.29, 0.717) is 17.2 Å². The highest BCUT2D eigenvalue weighted by Gasteiger charge is 2.27. The number of benzene rings is 1. The van der Waals surface area contributed by atoms with E-state index >= 15 is 0 Å². The van der Waals surface area contributed by atoms with Crippen molar-refractivity contribution in [2.45, 2.75) is 58.6 Å². The molecule has 154 valence electrons. The lowest BCUT2D eigenvalue weighted by Crippen LogP contribution is -2.45. The van der Waals surface area contributed by atoms with E-state index < -0.39 is 12.1 Å². The second kappa shape index (κ2) is 9.07. The Morgan fingerprint density at radius 3 is 2.41 bits per heavy atom. The van der Waals surface area contributed by atoms with Crippen molar-refractivity contribution in [1.29, 1.82) is 0 Å². The first-order valence-electron chi connectivity index (χ1n) is 10.1. The van der Waals surface area contributed by atoms with Gasteiger partial charge in [-0.15, -0.1) is 0 Å². The molecule has 1 heterocycles. The van der Waals surface area contributed by atoms with Gasteiger partial charge < -0.3 is 14.5 Å². The van der Waals surface area contributed by atoms with Gasteiger partial charge in [-0.1, -0.05) is 44.0 Å². The van der Waals surface area contributed by atoms with E-state index in [9.17, 15) is 14.4 Å². The van der Waals surface area contributed by atoms with Crippen LogP contribution in [0.3, 0.4) is 0 Å². The Bertz CT molecular complexity index is 883. The van der Waals surface area contributed by atoms with Gasteiger partial charge in [0.2, 0.25) is 5.76 Å². The molecular formula is C23H27NO5. The van der Waals surface area contributed by atoms with Gasteiger partial charge in [0.1, 0.15) is 5.76 Å². The number of hydrogen-bond acceptors (Lipinski definition) is 5. The Kier molecular flexibility index (Phi) is 6.52. The minimum absolute atomic E-state index is 0.0184. The van der Waals surface area contributed by atoms with Crippen molar-refractivity contribution >= 4 is 17.7 Å². The highest BCUT2D eigenvalue weighted by Crippen LogP contribution is 2.25. The lowest BCUT2D eigenvalue weighted by molar-refractivity contribution is -0.130. The quantitative estimate of drug-likeness (QED) is 0.577. The van der Waals surface area contributed by atoms with Gasteiger partial charge in [0.25, 0.3) is 5.91 Å². The molecule has 0 unspecified atom stereocenters. The summed E-state index contributed by atoms with van der Waals surface area (Å²) in [6.07, 6.45) is 3.45. The summed E-state index contributed by atoms with van der Waals surface area (Å²) in [4.78, 5) is 36.1. The largest absolute Gasteiger partial charge is 0.449 e. The van der Waals surface area contributed by atoms with Gasteiger partial charge in [0, 0.05) is 17.2 Å². The maximum atomic E-state index is 12.4. The van der Waals surface area contributed by atoms with Crippen LogP contribution in [0.2, 0.25) is 0 Å². The van der Waals surface area contributed by atoms with Gasteiger partial charge in [-0.2, -0.15) is 0 Å². The summed E-state index contributed by atoms with van der Waals surface area (Å²) in [5.74, 6) is -0.0473. The molecule has 6 nitrogen and oxygen atoms in total. The van der Waals surface area contributed by atoms with Crippen LogP contribution >= 0.6 is 0 Å². The van der Waals surface area contributed by atoms with E-state index in [2.05, 4.69) is 12.2 Å². The number of esters is 1. The highest BCUT2D eigenvalue weighted by molar-refractivity contribution is 5.94. The average Bonchev–Trinajstić information content (AvgIpc) is 3.20. The number of carbonyl (C=O) groups is 3. The first-order chi connectivity index (χ1) is 13.8. The SMILES string of the molecule is CC(=O)c1ccc(-c2ccc(C(=O)O[C@H](C)C(=O)N[C@@H]3CCCC[C@H]3C)o2)cc1. The van der Waals surface area contributed by atoms with E-state index in [-0.39, 0.29) is 23.5 Å². The predicted octanol–water partition coefficient (Wildman–Crippen LogP) is 4.39. The molecule has 1 amide bonds. The van der Waals surface area contributed by atoms with Crippen LogP contribution in [-0.2, 0) is 9.53 Å². The van der Waals surface area contributed by atoms with Gasteiger partial charge in [-0.3, -0.25) is 9.59 Å². The molecule has 0 radical (unpaired) electrons. The molecule has 1 aromatic heterocycles. The first-order valence-corrected chi connectivity index (χ1v) is 10.1. The van der Waals surface area contributed by atoms with E-state index in [1.165, 1.54) is 19.4 Å². The molecule has 0 spiro atoms. The summed E-state index contributed by atoms with van der Waals surface area (Å²) in [7, 11) is 0. The van der Waals surface area contributed by atoms with Crippen molar-refractivity contribution in [3.8, 4) is 11.3 Å². The average molecular weight is 397 g/mol. The molecule has 1 aromatic carbocycles. The predicted molar refractivity (Wildman–Crippen MR) is 109 cm³/mol. The fraction of sp³-hybridized carbons (Fsp3) is 0.435. The van der Waals surface area contributed by atoms with E-state index in [4.69, 9.17) is 9.15 Å². The van der Waals surface area contributed by atoms with Crippen LogP contribution in [0.5, 0.6) is 0 Å². The lowest BCUT2D eigenvalue weighted by Gasteiger charge is -2.30. The second-order valence-corrected chi connectivity index (χ2v) is 7.72. The third kappa shape index (κ3) is 5.13. The Hall–Kier alpha value is -2.89. The zero-order chi connectivity index (χ0) is 21.0. The standard InChI is InChI=1S/C23H27NO5/c1-14-6-4-5-7-19(14)24-22(26)16(3)28-23(27)21-13-12-20(29-21)18-10-8-17(9-11-18)15(2)25/h8-14,16,19H,4-7H2,1-3H3,(H,24,26)/t14-,16-,19-/m1/s1. The summed E-state index contributed by atoms with van der Waals surface area (Å²) < 4.78 is 10.9. The number of nitrogens with one attached hydrogen (secondary N) is 1. The minimum atomic E-state index is -0.903. The number of ketones is 1. The van der Waals surface area contributed by atoms with E-state index in [1.54, 1.807) is 37.3 Å². The molecule has 1 aliphatic rings. The van der Waals surface area contributed by atoms with Crippen molar-refractivity contribution < 1.29 is 23.5 Å². The Balaban J connectivity index is 1.59. The molecule has 0 aliphatic heterocycles. The summed E-state index contributed by atoms with van der Waals surface area (Å²) >= 11 is 0. The van der Waals surface area contributed by atoms with Gasteiger partial charge >= 0.3 is 5.97 Å². The molecule has 1 fully saturated rings. The monoisotopic (exact) mass is 397 g/mol. The third-order valence-electron chi connectivity index (χ3n) is 5.48. The van der Waals surface area contributed by atoms with E-state index in [1.807, 2.05) is 0 Å². The van der Waals surface area contributed by atoms with Crippen LogP contribution in [0, 0.1) is 5.92 Å². The Labute approximate surface area is 170 Å². The summed E-state index contributed by atoms with van der Waals surface area (Å²) in [6, 6.07) is 10.2. The molecule has 29 heavy (non-hydrogen) atoms. The Morgan fingerprint density at radius 1 is 1.07 bits per heavy atom. The number of rotatable bonds is 6. The number of amides is 1.